The van der Waals surface area contributed by atoms with Gasteiger partial charge in [0, 0.05) is 18.0 Å². The average molecular weight is 288 g/mol. The van der Waals surface area contributed by atoms with Gasteiger partial charge in [0.15, 0.2) is 0 Å². The first-order valence-corrected chi connectivity index (χ1v) is 6.04. The Bertz CT molecular complexity index is 507. The topological polar surface area (TPSA) is 75.4 Å². The van der Waals surface area contributed by atoms with Gasteiger partial charge in [0.1, 0.15) is 0 Å². The van der Waals surface area contributed by atoms with Crippen LogP contribution in [-0.4, -0.2) is 18.4 Å². The van der Waals surface area contributed by atoms with E-state index in [1.807, 2.05) is 5.43 Å². The van der Waals surface area contributed by atoms with Crippen LogP contribution in [0.5, 0.6) is 0 Å². The first kappa shape index (κ1) is 13.1. The van der Waals surface area contributed by atoms with Crippen molar-refractivity contribution < 1.29 is 9.59 Å². The van der Waals surface area contributed by atoms with Crippen LogP contribution in [0.15, 0.2) is 18.2 Å². The maximum Gasteiger partial charge on any atom is 0.239 e. The molecule has 0 saturated carbocycles. The van der Waals surface area contributed by atoms with Crippen molar-refractivity contribution in [1.82, 2.24) is 5.43 Å². The van der Waals surface area contributed by atoms with Crippen LogP contribution in [0.2, 0.25) is 10.0 Å². The van der Waals surface area contributed by atoms with E-state index in [9.17, 15) is 9.59 Å². The molecule has 5 nitrogen and oxygen atoms in total. The first-order chi connectivity index (χ1) is 8.52. The van der Waals surface area contributed by atoms with Crippen LogP contribution in [-0.2, 0) is 9.59 Å². The summed E-state index contributed by atoms with van der Waals surface area (Å²) in [4.78, 5) is 24.7. The molecule has 1 aromatic rings. The summed E-state index contributed by atoms with van der Waals surface area (Å²) < 4.78 is 0. The number of halogens is 2. The van der Waals surface area contributed by atoms with Crippen LogP contribution < -0.4 is 16.2 Å². The highest BCUT2D eigenvalue weighted by atomic mass is 35.5. The van der Waals surface area contributed by atoms with Gasteiger partial charge in [0.2, 0.25) is 11.8 Å². The van der Waals surface area contributed by atoms with E-state index in [4.69, 9.17) is 29.0 Å². The fourth-order valence-corrected chi connectivity index (χ4v) is 2.31. The molecule has 1 aliphatic heterocycles. The summed E-state index contributed by atoms with van der Waals surface area (Å²) in [5.74, 6) is 4.07. The molecule has 1 atom stereocenters. The number of carbonyl (C=O) groups is 2. The summed E-state index contributed by atoms with van der Waals surface area (Å²) in [6.45, 7) is 0.252. The minimum absolute atomic E-state index is 0.117. The minimum atomic E-state index is -0.461. The number of rotatable bonds is 2. The molecule has 0 radical (unpaired) electrons. The van der Waals surface area contributed by atoms with Crippen molar-refractivity contribution in [3.05, 3.63) is 28.2 Å². The van der Waals surface area contributed by atoms with E-state index in [1.54, 1.807) is 18.2 Å². The smallest absolute Gasteiger partial charge is 0.239 e. The molecule has 1 aliphatic rings. The zero-order valence-corrected chi connectivity index (χ0v) is 10.8. The van der Waals surface area contributed by atoms with E-state index in [1.165, 1.54) is 4.90 Å². The van der Waals surface area contributed by atoms with Crippen molar-refractivity contribution in [2.75, 3.05) is 11.4 Å². The van der Waals surface area contributed by atoms with Crippen LogP contribution in [0.25, 0.3) is 0 Å². The lowest BCUT2D eigenvalue weighted by Crippen LogP contribution is -2.37. The van der Waals surface area contributed by atoms with Gasteiger partial charge in [-0.25, -0.2) is 5.84 Å². The van der Waals surface area contributed by atoms with Crippen LogP contribution in [0.4, 0.5) is 5.69 Å². The Labute approximate surface area is 114 Å². The van der Waals surface area contributed by atoms with Crippen LogP contribution in [0.3, 0.4) is 0 Å². The molecule has 0 aromatic heterocycles. The second kappa shape index (κ2) is 5.14. The Morgan fingerprint density at radius 1 is 1.44 bits per heavy atom. The summed E-state index contributed by atoms with van der Waals surface area (Å²) in [7, 11) is 0. The van der Waals surface area contributed by atoms with Crippen molar-refractivity contribution >= 4 is 40.7 Å². The number of nitrogens with one attached hydrogen (secondary N) is 1. The van der Waals surface area contributed by atoms with E-state index in [0.29, 0.717) is 15.7 Å². The van der Waals surface area contributed by atoms with Crippen LogP contribution >= 0.6 is 23.2 Å². The molecule has 1 heterocycles. The monoisotopic (exact) mass is 287 g/mol. The molecule has 96 valence electrons. The Hall–Kier alpha value is -1.30. The first-order valence-electron chi connectivity index (χ1n) is 5.29. The number of nitrogens with zero attached hydrogens (tertiary/aromatic N) is 1. The Morgan fingerprint density at radius 3 is 2.83 bits per heavy atom. The van der Waals surface area contributed by atoms with Gasteiger partial charge < -0.3 is 4.90 Å². The van der Waals surface area contributed by atoms with Crippen molar-refractivity contribution in [3.8, 4) is 0 Å². The third-order valence-electron chi connectivity index (χ3n) is 2.84. The van der Waals surface area contributed by atoms with Crippen LogP contribution in [0.1, 0.15) is 6.42 Å². The molecule has 2 amide bonds. The van der Waals surface area contributed by atoms with Crippen LogP contribution in [0, 0.1) is 5.92 Å². The molecule has 3 N–H and O–H groups in total. The molecule has 0 bridgehead atoms. The molecule has 1 saturated heterocycles. The van der Waals surface area contributed by atoms with Gasteiger partial charge in [-0.3, -0.25) is 15.0 Å². The van der Waals surface area contributed by atoms with Gasteiger partial charge in [0.05, 0.1) is 16.6 Å². The maximum absolute atomic E-state index is 11.9. The zero-order valence-electron chi connectivity index (χ0n) is 9.32. The molecular formula is C11H11Cl2N3O2. The number of benzene rings is 1. The minimum Gasteiger partial charge on any atom is -0.310 e. The number of hydrazine groups is 1. The van der Waals surface area contributed by atoms with E-state index in [-0.39, 0.29) is 24.8 Å². The Kier molecular flexibility index (Phi) is 3.75. The maximum atomic E-state index is 11.9. The number of hydrogen-bond donors (Lipinski definition) is 2. The van der Waals surface area contributed by atoms with Crippen molar-refractivity contribution in [2.45, 2.75) is 6.42 Å². The summed E-state index contributed by atoms with van der Waals surface area (Å²) in [6.07, 6.45) is 0.117. The number of carbonyl (C=O) groups excluding carboxylic acids is 2. The molecule has 1 aromatic carbocycles. The predicted molar refractivity (Wildman–Crippen MR) is 69.3 cm³/mol. The van der Waals surface area contributed by atoms with E-state index >= 15 is 0 Å². The second-order valence-electron chi connectivity index (χ2n) is 4.01. The van der Waals surface area contributed by atoms with E-state index < -0.39 is 5.92 Å². The number of anilines is 1. The summed E-state index contributed by atoms with van der Waals surface area (Å²) >= 11 is 11.9. The molecule has 1 fully saturated rings. The van der Waals surface area contributed by atoms with E-state index in [0.717, 1.165) is 0 Å². The molecule has 2 rings (SSSR count). The van der Waals surface area contributed by atoms with Gasteiger partial charge in [-0.05, 0) is 18.2 Å². The summed E-state index contributed by atoms with van der Waals surface area (Å²) in [5, 5.41) is 0.899. The second-order valence-corrected chi connectivity index (χ2v) is 4.85. The standard InChI is InChI=1S/C11H11Cl2N3O2/c12-7-1-2-8(13)9(4-7)16-5-6(3-10(16)17)11(18)15-14/h1-2,4,6H,3,5,14H2,(H,15,18). The molecule has 18 heavy (non-hydrogen) atoms. The average Bonchev–Trinajstić information content (AvgIpc) is 2.73. The zero-order chi connectivity index (χ0) is 13.3. The molecule has 0 aliphatic carbocycles. The molecule has 1 unspecified atom stereocenters. The predicted octanol–water partition coefficient (Wildman–Crippen LogP) is 1.34. The number of nitrogens with two attached hydrogens (primary N) is 1. The SMILES string of the molecule is NNC(=O)C1CC(=O)N(c2cc(Cl)ccc2Cl)C1. The molecule has 7 heteroatoms. The highest BCUT2D eigenvalue weighted by Crippen LogP contribution is 2.33. The number of hydrogen-bond acceptors (Lipinski definition) is 3. The van der Waals surface area contributed by atoms with Crippen molar-refractivity contribution in [1.29, 1.82) is 0 Å². The highest BCUT2D eigenvalue weighted by Gasteiger charge is 2.35. The Morgan fingerprint density at radius 2 is 2.17 bits per heavy atom. The largest absolute Gasteiger partial charge is 0.310 e. The summed E-state index contributed by atoms with van der Waals surface area (Å²) in [6, 6.07) is 4.85. The lowest BCUT2D eigenvalue weighted by atomic mass is 10.1. The fourth-order valence-electron chi connectivity index (χ4n) is 1.93. The van der Waals surface area contributed by atoms with Gasteiger partial charge in [-0.2, -0.15) is 0 Å². The number of amides is 2. The van der Waals surface area contributed by atoms with Gasteiger partial charge in [-0.15, -0.1) is 0 Å². The lowest BCUT2D eigenvalue weighted by molar-refractivity contribution is -0.126. The van der Waals surface area contributed by atoms with Gasteiger partial charge in [-0.1, -0.05) is 23.2 Å². The fraction of sp³-hybridized carbons (Fsp3) is 0.273. The van der Waals surface area contributed by atoms with Crippen molar-refractivity contribution in [2.24, 2.45) is 11.8 Å². The lowest BCUT2D eigenvalue weighted by Gasteiger charge is -2.18. The van der Waals surface area contributed by atoms with Gasteiger partial charge in [0.25, 0.3) is 0 Å². The van der Waals surface area contributed by atoms with Gasteiger partial charge >= 0.3 is 0 Å². The summed E-state index contributed by atoms with van der Waals surface area (Å²) in [5.41, 5.74) is 2.56. The molecule has 0 spiro atoms. The Balaban J connectivity index is 2.27. The molecular weight excluding hydrogens is 277 g/mol. The van der Waals surface area contributed by atoms with Crippen molar-refractivity contribution in [3.63, 3.8) is 0 Å². The van der Waals surface area contributed by atoms with E-state index in [2.05, 4.69) is 0 Å². The third-order valence-corrected chi connectivity index (χ3v) is 3.39. The quantitative estimate of drug-likeness (QED) is 0.490. The normalized spacial score (nSPS) is 19.2. The highest BCUT2D eigenvalue weighted by molar-refractivity contribution is 6.35. The third kappa shape index (κ3) is 2.43.